The number of benzene rings is 2. The molecule has 2 aliphatic carbocycles. The average molecular weight is 483 g/mol. The standard InChI is InChI=1S/C27H31ClN2O2S/c1-27(2,3)32-26(31)30(15-16-6-4-7-18(28)12-16)24-11-10-17-13-22-19-8-5-9-20(19)25(33)29-23(22)14-21(17)24/h4,6-7,12-14,19-20,24H,5,8-11,15H2,1-3H3,(H,29,33). The Balaban J connectivity index is 1.50. The van der Waals surface area contributed by atoms with E-state index in [1.807, 2.05) is 49.9 Å². The van der Waals surface area contributed by atoms with Crippen LogP contribution in [-0.2, 0) is 17.7 Å². The van der Waals surface area contributed by atoms with Crippen molar-refractivity contribution in [1.29, 1.82) is 0 Å². The predicted molar refractivity (Wildman–Crippen MR) is 137 cm³/mol. The van der Waals surface area contributed by atoms with Crippen molar-refractivity contribution in [2.75, 3.05) is 5.32 Å². The largest absolute Gasteiger partial charge is 0.444 e. The molecule has 1 heterocycles. The molecule has 2 aromatic carbocycles. The predicted octanol–water partition coefficient (Wildman–Crippen LogP) is 7.40. The number of nitrogens with zero attached hydrogens (tertiary/aromatic N) is 1. The average Bonchev–Trinajstić information content (AvgIpc) is 3.37. The molecule has 3 atom stereocenters. The number of nitrogens with one attached hydrogen (secondary N) is 1. The van der Waals surface area contributed by atoms with Crippen molar-refractivity contribution in [2.45, 2.75) is 77.0 Å². The third-order valence-corrected chi connectivity index (χ3v) is 7.75. The lowest BCUT2D eigenvalue weighted by molar-refractivity contribution is 0.0137. The molecule has 1 N–H and O–H groups in total. The lowest BCUT2D eigenvalue weighted by Crippen LogP contribution is -2.38. The SMILES string of the molecule is CC(C)(C)OC(=O)N(Cc1cccc(Cl)c1)C1CCc2cc3c(cc21)NC(=S)C1CCCC31. The lowest BCUT2D eigenvalue weighted by atomic mass is 9.83. The van der Waals surface area contributed by atoms with Gasteiger partial charge < -0.3 is 10.1 Å². The Morgan fingerprint density at radius 1 is 1.15 bits per heavy atom. The molecule has 2 aromatic rings. The number of amides is 1. The zero-order valence-corrected chi connectivity index (χ0v) is 21.1. The highest BCUT2D eigenvalue weighted by atomic mass is 35.5. The molecule has 0 aromatic heterocycles. The van der Waals surface area contributed by atoms with Gasteiger partial charge in [0.1, 0.15) is 5.60 Å². The van der Waals surface area contributed by atoms with E-state index in [1.165, 1.54) is 36.0 Å². The fourth-order valence-corrected chi connectivity index (χ4v) is 6.32. The highest BCUT2D eigenvalue weighted by Crippen LogP contribution is 2.49. The monoisotopic (exact) mass is 482 g/mol. The molecule has 3 aliphatic rings. The van der Waals surface area contributed by atoms with Gasteiger partial charge in [-0.2, -0.15) is 0 Å². The number of carbonyl (C=O) groups is 1. The first kappa shape index (κ1) is 22.7. The van der Waals surface area contributed by atoms with E-state index in [1.54, 1.807) is 0 Å². The first-order valence-corrected chi connectivity index (χ1v) is 12.7. The molecule has 5 rings (SSSR count). The van der Waals surface area contributed by atoms with Crippen molar-refractivity contribution in [1.82, 2.24) is 4.90 Å². The minimum atomic E-state index is -0.563. The van der Waals surface area contributed by atoms with E-state index in [2.05, 4.69) is 17.4 Å². The van der Waals surface area contributed by atoms with Crippen LogP contribution in [0.2, 0.25) is 5.02 Å². The summed E-state index contributed by atoms with van der Waals surface area (Å²) in [5.41, 5.74) is 5.51. The summed E-state index contributed by atoms with van der Waals surface area (Å²) < 4.78 is 5.83. The summed E-state index contributed by atoms with van der Waals surface area (Å²) >= 11 is 12.0. The Kier molecular flexibility index (Phi) is 5.90. The second-order valence-corrected chi connectivity index (χ2v) is 11.4. The number of hydrogen-bond acceptors (Lipinski definition) is 3. The van der Waals surface area contributed by atoms with Crippen LogP contribution in [0.1, 0.15) is 80.7 Å². The molecule has 0 spiro atoms. The Labute approximate surface area is 206 Å². The first-order valence-electron chi connectivity index (χ1n) is 11.9. The minimum Gasteiger partial charge on any atom is -0.444 e. The van der Waals surface area contributed by atoms with Crippen LogP contribution in [0, 0.1) is 5.92 Å². The zero-order chi connectivity index (χ0) is 23.3. The highest BCUT2D eigenvalue weighted by molar-refractivity contribution is 7.80. The molecule has 6 heteroatoms. The van der Waals surface area contributed by atoms with E-state index in [9.17, 15) is 4.79 Å². The summed E-state index contributed by atoms with van der Waals surface area (Å²) in [4.78, 5) is 16.2. The van der Waals surface area contributed by atoms with Crippen molar-refractivity contribution in [2.24, 2.45) is 5.92 Å². The number of rotatable bonds is 3. The number of fused-ring (bicyclic) bond motifs is 4. The van der Waals surface area contributed by atoms with E-state index >= 15 is 0 Å². The van der Waals surface area contributed by atoms with E-state index in [-0.39, 0.29) is 12.1 Å². The number of aryl methyl sites for hydroxylation is 1. The van der Waals surface area contributed by atoms with Crippen LogP contribution >= 0.6 is 23.8 Å². The number of carbonyl (C=O) groups excluding carboxylic acids is 1. The highest BCUT2D eigenvalue weighted by Gasteiger charge is 2.40. The van der Waals surface area contributed by atoms with Gasteiger partial charge in [0.05, 0.1) is 11.0 Å². The molecule has 33 heavy (non-hydrogen) atoms. The fraction of sp³-hybridized carbons (Fsp3) is 0.481. The molecular formula is C27H31ClN2O2S. The maximum absolute atomic E-state index is 13.4. The second-order valence-electron chi connectivity index (χ2n) is 10.6. The van der Waals surface area contributed by atoms with E-state index < -0.39 is 5.60 Å². The fourth-order valence-electron chi connectivity index (χ4n) is 5.72. The summed E-state index contributed by atoms with van der Waals surface area (Å²) in [6.45, 7) is 6.17. The van der Waals surface area contributed by atoms with Gasteiger partial charge in [0.2, 0.25) is 0 Å². The van der Waals surface area contributed by atoms with Crippen molar-refractivity contribution in [3.63, 3.8) is 0 Å². The smallest absolute Gasteiger partial charge is 0.411 e. The van der Waals surface area contributed by atoms with Crippen LogP contribution < -0.4 is 5.32 Å². The molecule has 3 unspecified atom stereocenters. The Morgan fingerprint density at radius 2 is 1.94 bits per heavy atom. The van der Waals surface area contributed by atoms with Crippen molar-refractivity contribution in [3.8, 4) is 0 Å². The van der Waals surface area contributed by atoms with Crippen LogP contribution in [0.3, 0.4) is 0 Å². The van der Waals surface area contributed by atoms with Gasteiger partial charge in [-0.3, -0.25) is 4.90 Å². The molecule has 0 saturated heterocycles. The van der Waals surface area contributed by atoms with Crippen molar-refractivity contribution < 1.29 is 9.53 Å². The quantitative estimate of drug-likeness (QED) is 0.462. The zero-order valence-electron chi connectivity index (χ0n) is 19.5. The summed E-state index contributed by atoms with van der Waals surface area (Å²) in [5, 5.41) is 4.19. The first-order chi connectivity index (χ1) is 15.7. The topological polar surface area (TPSA) is 41.6 Å². The van der Waals surface area contributed by atoms with E-state index in [0.717, 1.165) is 29.1 Å². The minimum absolute atomic E-state index is 0.0456. The summed E-state index contributed by atoms with van der Waals surface area (Å²) in [6.07, 6.45) is 5.18. The van der Waals surface area contributed by atoms with Gasteiger partial charge in [-0.1, -0.05) is 48.4 Å². The van der Waals surface area contributed by atoms with Gasteiger partial charge in [0.15, 0.2) is 0 Å². The van der Waals surface area contributed by atoms with Gasteiger partial charge in [0, 0.05) is 23.2 Å². The maximum Gasteiger partial charge on any atom is 0.411 e. The molecule has 1 saturated carbocycles. The number of ether oxygens (including phenoxy) is 1. The summed E-state index contributed by atoms with van der Waals surface area (Å²) in [7, 11) is 0. The Hall–Kier alpha value is -2.11. The van der Waals surface area contributed by atoms with Crippen LogP contribution in [-0.4, -0.2) is 21.6 Å². The van der Waals surface area contributed by atoms with Crippen molar-refractivity contribution >= 4 is 40.6 Å². The number of thiocarbonyl (C=S) groups is 1. The van der Waals surface area contributed by atoms with E-state index in [4.69, 9.17) is 28.6 Å². The molecule has 1 aliphatic heterocycles. The van der Waals surface area contributed by atoms with Crippen LogP contribution in [0.4, 0.5) is 10.5 Å². The molecule has 4 nitrogen and oxygen atoms in total. The van der Waals surface area contributed by atoms with Gasteiger partial charge in [-0.15, -0.1) is 0 Å². The lowest BCUT2D eigenvalue weighted by Gasteiger charge is -2.34. The molecular weight excluding hydrogens is 452 g/mol. The van der Waals surface area contributed by atoms with Gasteiger partial charge in [0.25, 0.3) is 0 Å². The van der Waals surface area contributed by atoms with Gasteiger partial charge in [-0.25, -0.2) is 4.79 Å². The summed E-state index contributed by atoms with van der Waals surface area (Å²) in [6, 6.07) is 12.3. The van der Waals surface area contributed by atoms with E-state index in [0.29, 0.717) is 23.4 Å². The van der Waals surface area contributed by atoms with Crippen LogP contribution in [0.15, 0.2) is 36.4 Å². The Bertz CT molecular complexity index is 1110. The van der Waals surface area contributed by atoms with Crippen LogP contribution in [0.5, 0.6) is 0 Å². The Morgan fingerprint density at radius 3 is 2.70 bits per heavy atom. The number of halogens is 1. The second kappa shape index (κ2) is 8.59. The third kappa shape index (κ3) is 4.50. The number of anilines is 1. The van der Waals surface area contributed by atoms with Gasteiger partial charge >= 0.3 is 6.09 Å². The van der Waals surface area contributed by atoms with Crippen LogP contribution in [0.25, 0.3) is 0 Å². The molecule has 0 bridgehead atoms. The maximum atomic E-state index is 13.4. The normalized spacial score (nSPS) is 23.4. The van der Waals surface area contributed by atoms with Crippen molar-refractivity contribution in [3.05, 3.63) is 63.7 Å². The van der Waals surface area contributed by atoms with Gasteiger partial charge in [-0.05, 0) is 92.8 Å². The third-order valence-electron chi connectivity index (χ3n) is 7.11. The summed E-state index contributed by atoms with van der Waals surface area (Å²) in [5.74, 6) is 1.01. The molecule has 0 radical (unpaired) electrons. The molecule has 1 amide bonds. The number of hydrogen-bond donors (Lipinski definition) is 1. The molecule has 174 valence electrons. The molecule has 1 fully saturated rings.